The molecule has 0 aliphatic carbocycles. The smallest absolute Gasteiger partial charge is 0.224 e. The van der Waals surface area contributed by atoms with Crippen molar-refractivity contribution in [2.75, 3.05) is 25.1 Å². The van der Waals surface area contributed by atoms with Crippen LogP contribution in [0.5, 0.6) is 0 Å². The summed E-state index contributed by atoms with van der Waals surface area (Å²) < 4.78 is 22.0. The van der Waals surface area contributed by atoms with E-state index >= 15 is 0 Å². The van der Waals surface area contributed by atoms with E-state index in [4.69, 9.17) is 0 Å². The molecule has 0 radical (unpaired) electrons. The lowest BCUT2D eigenvalue weighted by molar-refractivity contribution is -0.124. The number of nitrogens with one attached hydrogen (secondary N) is 2. The number of hydrogen-bond donors (Lipinski definition) is 2. The molecule has 0 saturated carbocycles. The van der Waals surface area contributed by atoms with Crippen LogP contribution in [0.25, 0.3) is 0 Å². The quantitative estimate of drug-likeness (QED) is 0.664. The van der Waals surface area contributed by atoms with E-state index in [0.29, 0.717) is 6.54 Å². The second kappa shape index (κ2) is 4.94. The van der Waals surface area contributed by atoms with Gasteiger partial charge in [0.25, 0.3) is 0 Å². The average Bonchev–Trinajstić information content (AvgIpc) is 2.50. The Morgan fingerprint density at radius 2 is 2.27 bits per heavy atom. The summed E-state index contributed by atoms with van der Waals surface area (Å²) in [6.45, 7) is 3.26. The van der Waals surface area contributed by atoms with Gasteiger partial charge in [0.1, 0.15) is 9.84 Å². The SMILES string of the molecule is CC(CS(C)(=O)=O)NC(=O)C1CCNC1. The van der Waals surface area contributed by atoms with E-state index < -0.39 is 9.84 Å². The van der Waals surface area contributed by atoms with E-state index in [1.54, 1.807) is 6.92 Å². The fraction of sp³-hybridized carbons (Fsp3) is 0.889. The summed E-state index contributed by atoms with van der Waals surface area (Å²) in [7, 11) is -3.02. The van der Waals surface area contributed by atoms with E-state index in [0.717, 1.165) is 13.0 Å². The molecule has 0 aromatic carbocycles. The van der Waals surface area contributed by atoms with Crippen LogP contribution in [0.1, 0.15) is 13.3 Å². The summed E-state index contributed by atoms with van der Waals surface area (Å²) in [5, 5.41) is 5.82. The first-order valence-corrected chi connectivity index (χ1v) is 7.13. The zero-order chi connectivity index (χ0) is 11.5. The molecule has 0 aromatic rings. The number of amides is 1. The van der Waals surface area contributed by atoms with E-state index in [1.807, 2.05) is 0 Å². The minimum atomic E-state index is -3.02. The molecular formula is C9H18N2O3S. The molecule has 1 amide bonds. The van der Waals surface area contributed by atoms with E-state index in [-0.39, 0.29) is 23.6 Å². The van der Waals surface area contributed by atoms with Crippen molar-refractivity contribution < 1.29 is 13.2 Å². The van der Waals surface area contributed by atoms with Gasteiger partial charge in [-0.25, -0.2) is 8.42 Å². The minimum absolute atomic E-state index is 0.00110. The van der Waals surface area contributed by atoms with Crippen molar-refractivity contribution in [2.45, 2.75) is 19.4 Å². The Hall–Kier alpha value is -0.620. The Bertz CT molecular complexity index is 320. The summed E-state index contributed by atoms with van der Waals surface area (Å²) in [6, 6.07) is -0.312. The van der Waals surface area contributed by atoms with Crippen LogP contribution in [0.3, 0.4) is 0 Å². The predicted octanol–water partition coefficient (Wildman–Crippen LogP) is -0.855. The maximum Gasteiger partial charge on any atom is 0.224 e. The number of rotatable bonds is 4. The third kappa shape index (κ3) is 4.61. The Labute approximate surface area is 90.5 Å². The van der Waals surface area contributed by atoms with Gasteiger partial charge in [-0.1, -0.05) is 0 Å². The topological polar surface area (TPSA) is 75.3 Å². The maximum absolute atomic E-state index is 11.6. The normalized spacial score (nSPS) is 23.7. The monoisotopic (exact) mass is 234 g/mol. The molecule has 1 aliphatic heterocycles. The van der Waals surface area contributed by atoms with Crippen molar-refractivity contribution in [1.82, 2.24) is 10.6 Å². The molecule has 2 unspecified atom stereocenters. The molecule has 15 heavy (non-hydrogen) atoms. The van der Waals surface area contributed by atoms with Crippen LogP contribution in [0.15, 0.2) is 0 Å². The van der Waals surface area contributed by atoms with Crippen LogP contribution in [-0.2, 0) is 14.6 Å². The first kappa shape index (κ1) is 12.4. The van der Waals surface area contributed by atoms with Gasteiger partial charge in [0.2, 0.25) is 5.91 Å². The molecule has 1 saturated heterocycles. The third-order valence-corrected chi connectivity index (χ3v) is 3.48. The van der Waals surface area contributed by atoms with Gasteiger partial charge >= 0.3 is 0 Å². The highest BCUT2D eigenvalue weighted by Gasteiger charge is 2.24. The number of hydrogen-bond acceptors (Lipinski definition) is 4. The molecule has 0 spiro atoms. The summed E-state index contributed by atoms with van der Waals surface area (Å²) >= 11 is 0. The Morgan fingerprint density at radius 3 is 2.73 bits per heavy atom. The average molecular weight is 234 g/mol. The number of carbonyl (C=O) groups is 1. The van der Waals surface area contributed by atoms with E-state index in [1.165, 1.54) is 6.26 Å². The van der Waals surface area contributed by atoms with Crippen molar-refractivity contribution in [2.24, 2.45) is 5.92 Å². The lowest BCUT2D eigenvalue weighted by Gasteiger charge is -2.15. The van der Waals surface area contributed by atoms with Gasteiger partial charge in [-0.2, -0.15) is 0 Å². The molecule has 88 valence electrons. The molecule has 5 nitrogen and oxygen atoms in total. The Balaban J connectivity index is 2.37. The van der Waals surface area contributed by atoms with Gasteiger partial charge in [0, 0.05) is 18.8 Å². The predicted molar refractivity (Wildman–Crippen MR) is 58.3 cm³/mol. The van der Waals surface area contributed by atoms with Gasteiger partial charge < -0.3 is 10.6 Å². The molecule has 1 fully saturated rings. The highest BCUT2D eigenvalue weighted by atomic mass is 32.2. The fourth-order valence-corrected chi connectivity index (χ4v) is 2.73. The second-order valence-corrected chi connectivity index (χ2v) is 6.38. The Kier molecular flexibility index (Phi) is 4.10. The summed E-state index contributed by atoms with van der Waals surface area (Å²) in [6.07, 6.45) is 2.00. The van der Waals surface area contributed by atoms with Gasteiger partial charge in [-0.05, 0) is 19.9 Å². The van der Waals surface area contributed by atoms with Crippen molar-refractivity contribution in [3.8, 4) is 0 Å². The second-order valence-electron chi connectivity index (χ2n) is 4.19. The van der Waals surface area contributed by atoms with Crippen LogP contribution >= 0.6 is 0 Å². The molecule has 1 aliphatic rings. The van der Waals surface area contributed by atoms with Crippen molar-refractivity contribution >= 4 is 15.7 Å². The molecule has 2 N–H and O–H groups in total. The highest BCUT2D eigenvalue weighted by Crippen LogP contribution is 2.07. The van der Waals surface area contributed by atoms with Crippen LogP contribution in [0, 0.1) is 5.92 Å². The zero-order valence-electron chi connectivity index (χ0n) is 9.12. The largest absolute Gasteiger partial charge is 0.352 e. The standard InChI is InChI=1S/C9H18N2O3S/c1-7(6-15(2,13)14)11-9(12)8-3-4-10-5-8/h7-8,10H,3-6H2,1-2H3,(H,11,12). The molecule has 1 heterocycles. The van der Waals surface area contributed by atoms with Gasteiger partial charge in [-0.15, -0.1) is 0 Å². The minimum Gasteiger partial charge on any atom is -0.352 e. The van der Waals surface area contributed by atoms with Crippen LogP contribution < -0.4 is 10.6 Å². The third-order valence-electron chi connectivity index (χ3n) is 2.37. The van der Waals surface area contributed by atoms with Crippen molar-refractivity contribution in [3.05, 3.63) is 0 Å². The number of sulfone groups is 1. The zero-order valence-corrected chi connectivity index (χ0v) is 9.93. The van der Waals surface area contributed by atoms with E-state index in [9.17, 15) is 13.2 Å². The summed E-state index contributed by atoms with van der Waals surface area (Å²) in [5.74, 6) is -0.0537. The molecule has 0 bridgehead atoms. The molecule has 2 atom stereocenters. The van der Waals surface area contributed by atoms with Crippen LogP contribution in [0.4, 0.5) is 0 Å². The maximum atomic E-state index is 11.6. The van der Waals surface area contributed by atoms with Crippen molar-refractivity contribution in [3.63, 3.8) is 0 Å². The summed E-state index contributed by atoms with van der Waals surface area (Å²) in [5.41, 5.74) is 0. The van der Waals surface area contributed by atoms with Crippen LogP contribution in [0.2, 0.25) is 0 Å². The first-order valence-electron chi connectivity index (χ1n) is 5.07. The van der Waals surface area contributed by atoms with Gasteiger partial charge in [-0.3, -0.25) is 4.79 Å². The lowest BCUT2D eigenvalue weighted by atomic mass is 10.1. The fourth-order valence-electron chi connectivity index (χ4n) is 1.73. The van der Waals surface area contributed by atoms with Gasteiger partial charge in [0.15, 0.2) is 0 Å². The number of carbonyl (C=O) groups excluding carboxylic acids is 1. The summed E-state index contributed by atoms with van der Waals surface area (Å²) in [4.78, 5) is 11.6. The highest BCUT2D eigenvalue weighted by molar-refractivity contribution is 7.90. The van der Waals surface area contributed by atoms with Crippen LogP contribution in [-0.4, -0.2) is 45.5 Å². The molecule has 0 aromatic heterocycles. The molecule has 6 heteroatoms. The molecular weight excluding hydrogens is 216 g/mol. The van der Waals surface area contributed by atoms with E-state index in [2.05, 4.69) is 10.6 Å². The van der Waals surface area contributed by atoms with Gasteiger partial charge in [0.05, 0.1) is 11.7 Å². The van der Waals surface area contributed by atoms with Crippen molar-refractivity contribution in [1.29, 1.82) is 0 Å². The lowest BCUT2D eigenvalue weighted by Crippen LogP contribution is -2.41. The first-order chi connectivity index (χ1) is 6.88. The Morgan fingerprint density at radius 1 is 1.60 bits per heavy atom. The molecule has 1 rings (SSSR count).